The number of benzene rings is 1. The van der Waals surface area contributed by atoms with Crippen molar-refractivity contribution in [1.82, 2.24) is 9.97 Å². The summed E-state index contributed by atoms with van der Waals surface area (Å²) in [6.45, 7) is 0. The van der Waals surface area contributed by atoms with E-state index in [9.17, 15) is 9.90 Å². The van der Waals surface area contributed by atoms with Crippen LogP contribution in [0.4, 0.5) is 0 Å². The third-order valence-corrected chi connectivity index (χ3v) is 4.59. The minimum atomic E-state index is -1.39. The maximum absolute atomic E-state index is 11.9. The third-order valence-electron chi connectivity index (χ3n) is 4.59. The summed E-state index contributed by atoms with van der Waals surface area (Å²) in [6, 6.07) is 16.9. The molecule has 0 aliphatic heterocycles. The van der Waals surface area contributed by atoms with Gasteiger partial charge in [0.15, 0.2) is 0 Å². The molecule has 1 atom stereocenters. The van der Waals surface area contributed by atoms with Crippen LogP contribution in [0.2, 0.25) is 0 Å². The van der Waals surface area contributed by atoms with Crippen LogP contribution in [0.1, 0.15) is 35.4 Å². The SMILES string of the molecule is NC(=O)CCC(c1ccccc1)C(O)(c1cccnc1)c1cccnc1. The monoisotopic (exact) mass is 347 g/mol. The molecular weight excluding hydrogens is 326 g/mol. The smallest absolute Gasteiger partial charge is 0.217 e. The molecule has 0 saturated carbocycles. The molecule has 2 heterocycles. The summed E-state index contributed by atoms with van der Waals surface area (Å²) in [5.74, 6) is -0.782. The molecule has 1 unspecified atom stereocenters. The molecular formula is C21H21N3O2. The lowest BCUT2D eigenvalue weighted by atomic mass is 9.72. The Morgan fingerprint density at radius 1 is 0.962 bits per heavy atom. The highest BCUT2D eigenvalue weighted by molar-refractivity contribution is 5.73. The fraction of sp³-hybridized carbons (Fsp3) is 0.190. The topological polar surface area (TPSA) is 89.1 Å². The van der Waals surface area contributed by atoms with Crippen molar-refractivity contribution in [1.29, 1.82) is 0 Å². The van der Waals surface area contributed by atoms with E-state index in [-0.39, 0.29) is 12.3 Å². The molecule has 26 heavy (non-hydrogen) atoms. The van der Waals surface area contributed by atoms with Crippen molar-refractivity contribution in [3.05, 3.63) is 96.1 Å². The summed E-state index contributed by atoms with van der Waals surface area (Å²) < 4.78 is 0. The van der Waals surface area contributed by atoms with Gasteiger partial charge in [0.2, 0.25) is 5.91 Å². The predicted molar refractivity (Wildman–Crippen MR) is 99.1 cm³/mol. The first-order valence-corrected chi connectivity index (χ1v) is 8.49. The zero-order valence-corrected chi connectivity index (χ0v) is 14.3. The Morgan fingerprint density at radius 3 is 2.00 bits per heavy atom. The summed E-state index contributed by atoms with van der Waals surface area (Å²) in [5, 5.41) is 11.9. The van der Waals surface area contributed by atoms with Crippen molar-refractivity contribution in [2.45, 2.75) is 24.4 Å². The highest BCUT2D eigenvalue weighted by Crippen LogP contribution is 2.44. The van der Waals surface area contributed by atoms with Gasteiger partial charge >= 0.3 is 0 Å². The zero-order valence-electron chi connectivity index (χ0n) is 14.3. The van der Waals surface area contributed by atoms with E-state index in [0.29, 0.717) is 17.5 Å². The Balaban J connectivity index is 2.17. The molecule has 5 heteroatoms. The molecule has 0 spiro atoms. The molecule has 0 saturated heterocycles. The molecule has 1 amide bonds. The van der Waals surface area contributed by atoms with Crippen LogP contribution in [-0.2, 0) is 10.4 Å². The minimum Gasteiger partial charge on any atom is -0.380 e. The van der Waals surface area contributed by atoms with Gasteiger partial charge in [-0.1, -0.05) is 42.5 Å². The number of primary amides is 1. The summed E-state index contributed by atoms with van der Waals surface area (Å²) in [7, 11) is 0. The normalized spacial score (nSPS) is 12.5. The lowest BCUT2D eigenvalue weighted by Gasteiger charge is -2.37. The largest absolute Gasteiger partial charge is 0.380 e. The summed E-state index contributed by atoms with van der Waals surface area (Å²) in [5.41, 5.74) is 6.21. The number of nitrogens with zero attached hydrogens (tertiary/aromatic N) is 2. The van der Waals surface area contributed by atoms with Crippen LogP contribution in [0.25, 0.3) is 0 Å². The second kappa shape index (κ2) is 7.89. The number of hydrogen-bond donors (Lipinski definition) is 2. The van der Waals surface area contributed by atoms with Gasteiger partial charge in [0.25, 0.3) is 0 Å². The predicted octanol–water partition coefficient (Wildman–Crippen LogP) is 2.76. The van der Waals surface area contributed by atoms with E-state index in [2.05, 4.69) is 9.97 Å². The fourth-order valence-electron chi connectivity index (χ4n) is 3.33. The van der Waals surface area contributed by atoms with E-state index >= 15 is 0 Å². The molecule has 0 aliphatic rings. The molecule has 132 valence electrons. The van der Waals surface area contributed by atoms with Crippen molar-refractivity contribution in [2.75, 3.05) is 0 Å². The Labute approximate surface area is 152 Å². The maximum atomic E-state index is 11.9. The number of aromatic nitrogens is 2. The van der Waals surface area contributed by atoms with E-state index in [4.69, 9.17) is 5.73 Å². The first kappa shape index (κ1) is 17.8. The van der Waals surface area contributed by atoms with E-state index < -0.39 is 11.5 Å². The quantitative estimate of drug-likeness (QED) is 0.688. The van der Waals surface area contributed by atoms with Crippen molar-refractivity contribution in [3.8, 4) is 0 Å². The van der Waals surface area contributed by atoms with Crippen molar-refractivity contribution in [3.63, 3.8) is 0 Å². The molecule has 3 rings (SSSR count). The number of hydrogen-bond acceptors (Lipinski definition) is 4. The summed E-state index contributed by atoms with van der Waals surface area (Å²) >= 11 is 0. The summed E-state index contributed by atoms with van der Waals surface area (Å²) in [6.07, 6.45) is 7.19. The summed E-state index contributed by atoms with van der Waals surface area (Å²) in [4.78, 5) is 19.8. The molecule has 0 aliphatic carbocycles. The van der Waals surface area contributed by atoms with Crippen LogP contribution >= 0.6 is 0 Å². The number of aliphatic hydroxyl groups is 1. The first-order valence-electron chi connectivity index (χ1n) is 8.49. The average molecular weight is 347 g/mol. The maximum Gasteiger partial charge on any atom is 0.217 e. The zero-order chi connectivity index (χ0) is 18.4. The van der Waals surface area contributed by atoms with Gasteiger partial charge in [0.05, 0.1) is 0 Å². The van der Waals surface area contributed by atoms with E-state index in [1.54, 1.807) is 36.9 Å². The lowest BCUT2D eigenvalue weighted by Crippen LogP contribution is -2.36. The molecule has 5 nitrogen and oxygen atoms in total. The van der Waals surface area contributed by atoms with Crippen molar-refractivity contribution < 1.29 is 9.90 Å². The van der Waals surface area contributed by atoms with Gasteiger partial charge in [-0.2, -0.15) is 0 Å². The van der Waals surface area contributed by atoms with Crippen LogP contribution in [-0.4, -0.2) is 21.0 Å². The standard InChI is InChI=1S/C21H21N3O2/c22-20(25)11-10-19(16-6-2-1-3-7-16)21(26,17-8-4-12-23-14-17)18-9-5-13-24-15-18/h1-9,12-15,19,26H,10-11H2,(H2,22,25). The number of carbonyl (C=O) groups excluding carboxylic acids is 1. The Morgan fingerprint density at radius 2 is 1.54 bits per heavy atom. The molecule has 0 radical (unpaired) electrons. The van der Waals surface area contributed by atoms with Gasteiger partial charge in [0.1, 0.15) is 5.60 Å². The number of rotatable bonds is 7. The Kier molecular flexibility index (Phi) is 5.39. The highest BCUT2D eigenvalue weighted by Gasteiger charge is 2.41. The number of amides is 1. The van der Waals surface area contributed by atoms with Crippen LogP contribution < -0.4 is 5.73 Å². The van der Waals surface area contributed by atoms with E-state index in [1.807, 2.05) is 42.5 Å². The van der Waals surface area contributed by atoms with Crippen molar-refractivity contribution in [2.24, 2.45) is 5.73 Å². The average Bonchev–Trinajstić information content (AvgIpc) is 2.70. The van der Waals surface area contributed by atoms with E-state index in [0.717, 1.165) is 5.56 Å². The molecule has 1 aromatic carbocycles. The Hall–Kier alpha value is -3.05. The molecule has 3 N–H and O–H groups in total. The van der Waals surface area contributed by atoms with Crippen LogP contribution in [0.3, 0.4) is 0 Å². The Bertz CT molecular complexity index is 799. The lowest BCUT2D eigenvalue weighted by molar-refractivity contribution is -0.118. The molecule has 2 aromatic heterocycles. The third kappa shape index (κ3) is 3.63. The fourth-order valence-corrected chi connectivity index (χ4v) is 3.33. The van der Waals surface area contributed by atoms with Crippen LogP contribution in [0.5, 0.6) is 0 Å². The number of nitrogens with two attached hydrogens (primary N) is 1. The van der Waals surface area contributed by atoms with E-state index in [1.165, 1.54) is 0 Å². The van der Waals surface area contributed by atoms with Gasteiger partial charge in [-0.15, -0.1) is 0 Å². The highest BCUT2D eigenvalue weighted by atomic mass is 16.3. The minimum absolute atomic E-state index is 0.169. The first-order chi connectivity index (χ1) is 12.6. The van der Waals surface area contributed by atoms with Gasteiger partial charge in [-0.05, 0) is 24.1 Å². The molecule has 0 bridgehead atoms. The van der Waals surface area contributed by atoms with Gasteiger partial charge < -0.3 is 10.8 Å². The molecule has 0 fully saturated rings. The second-order valence-corrected chi connectivity index (χ2v) is 6.22. The second-order valence-electron chi connectivity index (χ2n) is 6.22. The van der Waals surface area contributed by atoms with Crippen molar-refractivity contribution >= 4 is 5.91 Å². The van der Waals surface area contributed by atoms with Gasteiger partial charge in [-0.25, -0.2) is 0 Å². The molecule has 3 aromatic rings. The van der Waals surface area contributed by atoms with Gasteiger partial charge in [0, 0.05) is 48.3 Å². The van der Waals surface area contributed by atoms with Crippen LogP contribution in [0, 0.1) is 0 Å². The van der Waals surface area contributed by atoms with Gasteiger partial charge in [-0.3, -0.25) is 14.8 Å². The number of carbonyl (C=O) groups is 1. The van der Waals surface area contributed by atoms with Crippen LogP contribution in [0.15, 0.2) is 79.4 Å². The number of pyridine rings is 2.